The first kappa shape index (κ1) is 25.7. The Labute approximate surface area is 153 Å². The van der Waals surface area contributed by atoms with E-state index in [9.17, 15) is 14.4 Å². The van der Waals surface area contributed by atoms with Crippen LogP contribution < -0.4 is 0 Å². The zero-order valence-corrected chi connectivity index (χ0v) is 16.4. The highest BCUT2D eigenvalue weighted by atomic mass is 16.9. The van der Waals surface area contributed by atoms with Crippen molar-refractivity contribution in [1.82, 2.24) is 0 Å². The summed E-state index contributed by atoms with van der Waals surface area (Å²) in [6.45, 7) is 13.0. The average molecular weight is 357 g/mol. The van der Waals surface area contributed by atoms with Crippen molar-refractivity contribution in [2.75, 3.05) is 26.2 Å². The number of rotatable bonds is 11. The number of hydrogen-bond acceptors (Lipinski definition) is 6. The van der Waals surface area contributed by atoms with Gasteiger partial charge in [-0.2, -0.15) is 0 Å². The van der Waals surface area contributed by atoms with E-state index >= 15 is 0 Å². The van der Waals surface area contributed by atoms with Crippen LogP contribution in [0.3, 0.4) is 0 Å². The van der Waals surface area contributed by atoms with Gasteiger partial charge in [0.1, 0.15) is 0 Å². The number of carbonyl (C=O) groups is 3. The number of quaternary nitrogens is 1. The van der Waals surface area contributed by atoms with Crippen LogP contribution in [0.4, 0.5) is 0 Å². The molecule has 0 heterocycles. The number of ether oxygens (including phenoxy) is 3. The minimum Gasteiger partial charge on any atom is -1.00 e. The molecule has 0 aromatic rings. The molecule has 0 aromatic heterocycles. The van der Waals surface area contributed by atoms with Crippen LogP contribution in [0.5, 0.6) is 0 Å². The lowest BCUT2D eigenvalue weighted by molar-refractivity contribution is -0.935. The number of likely N-dealkylation sites (N-methyl/N-ethyl adjacent to an activating group) is 1. The molecule has 0 aliphatic heterocycles. The molecule has 0 atom stereocenters. The monoisotopic (exact) mass is 357 g/mol. The summed E-state index contributed by atoms with van der Waals surface area (Å²) < 4.78 is 16.5. The summed E-state index contributed by atoms with van der Waals surface area (Å²) >= 11 is 0. The predicted molar refractivity (Wildman–Crippen MR) is 94.4 cm³/mol. The Balaban J connectivity index is 0. The van der Waals surface area contributed by atoms with Crippen molar-refractivity contribution < 1.29 is 33.1 Å². The van der Waals surface area contributed by atoms with E-state index in [1.54, 1.807) is 20.8 Å². The third-order valence-electron chi connectivity index (χ3n) is 4.22. The SMILES string of the molecule is CCC(=O)OC(C[N+](CC)(CC)CC)(OC(=O)CC)OC(=O)CC.[B-]. The molecule has 0 aliphatic rings. The molecule has 0 fully saturated rings. The summed E-state index contributed by atoms with van der Waals surface area (Å²) in [4.78, 5) is 35.7. The molecule has 0 aromatic carbocycles. The molecule has 0 amide bonds. The van der Waals surface area contributed by atoms with Gasteiger partial charge in [0.2, 0.25) is 6.54 Å². The van der Waals surface area contributed by atoms with Gasteiger partial charge in [0.15, 0.2) is 0 Å². The summed E-state index contributed by atoms with van der Waals surface area (Å²) in [6.07, 6.45) is 0.248. The molecule has 144 valence electrons. The highest BCUT2D eigenvalue weighted by Crippen LogP contribution is 2.25. The van der Waals surface area contributed by atoms with Gasteiger partial charge in [0, 0.05) is 19.3 Å². The van der Waals surface area contributed by atoms with Gasteiger partial charge in [0.05, 0.1) is 19.6 Å². The van der Waals surface area contributed by atoms with Crippen molar-refractivity contribution in [3.63, 3.8) is 0 Å². The van der Waals surface area contributed by atoms with E-state index in [2.05, 4.69) is 0 Å². The quantitative estimate of drug-likeness (QED) is 0.244. The third kappa shape index (κ3) is 7.90. The first-order valence-corrected chi connectivity index (χ1v) is 8.76. The highest BCUT2D eigenvalue weighted by molar-refractivity contribution is 5.75. The summed E-state index contributed by atoms with van der Waals surface area (Å²) in [5, 5.41) is 0. The van der Waals surface area contributed by atoms with Crippen LogP contribution >= 0.6 is 0 Å². The van der Waals surface area contributed by atoms with Gasteiger partial charge < -0.3 is 27.1 Å². The average Bonchev–Trinajstić information content (AvgIpc) is 2.59. The number of esters is 3. The van der Waals surface area contributed by atoms with Gasteiger partial charge in [-0.15, -0.1) is 0 Å². The molecule has 0 saturated carbocycles. The van der Waals surface area contributed by atoms with Gasteiger partial charge >= 0.3 is 23.9 Å². The lowest BCUT2D eigenvalue weighted by Crippen LogP contribution is -2.61. The standard InChI is InChI=1S/C17H32NO6.B/c1-7-14(19)22-17(23-15(20)8-2,24-16(21)9-3)13-18(10-4,11-5)12-6;/h7-13H2,1-6H3;/q+1;-1. The zero-order chi connectivity index (χ0) is 18.8. The van der Waals surface area contributed by atoms with E-state index in [0.29, 0.717) is 24.1 Å². The fourth-order valence-electron chi connectivity index (χ4n) is 2.31. The molecule has 0 rings (SSSR count). The summed E-state index contributed by atoms with van der Waals surface area (Å²) in [5.74, 6) is -3.80. The number of hydrogen-bond donors (Lipinski definition) is 0. The van der Waals surface area contributed by atoms with Crippen LogP contribution in [0.1, 0.15) is 60.8 Å². The maximum Gasteiger partial charge on any atom is 0.476 e. The van der Waals surface area contributed by atoms with Gasteiger partial charge in [0.25, 0.3) is 0 Å². The Morgan fingerprint density at radius 2 is 0.960 bits per heavy atom. The van der Waals surface area contributed by atoms with E-state index in [4.69, 9.17) is 14.2 Å². The molecule has 4 radical (unpaired) electrons. The van der Waals surface area contributed by atoms with Crippen molar-refractivity contribution in [1.29, 1.82) is 0 Å². The molecule has 7 nitrogen and oxygen atoms in total. The second-order valence-corrected chi connectivity index (χ2v) is 5.61. The molecule has 0 N–H and O–H groups in total. The summed E-state index contributed by atoms with van der Waals surface area (Å²) in [5.41, 5.74) is 0. The summed E-state index contributed by atoms with van der Waals surface area (Å²) in [7, 11) is 0. The molecule has 0 bridgehead atoms. The first-order valence-electron chi connectivity index (χ1n) is 8.76. The maximum absolute atomic E-state index is 11.9. The fraction of sp³-hybridized carbons (Fsp3) is 0.824. The Hall–Kier alpha value is -1.57. The van der Waals surface area contributed by atoms with Crippen molar-refractivity contribution >= 4 is 26.3 Å². The van der Waals surface area contributed by atoms with Gasteiger partial charge in [-0.25, -0.2) is 0 Å². The largest absolute Gasteiger partial charge is 1.00 e. The lowest BCUT2D eigenvalue weighted by atomic mass is 10.3. The Kier molecular flexibility index (Phi) is 12.2. The zero-order valence-electron chi connectivity index (χ0n) is 16.4. The molecular weight excluding hydrogens is 325 g/mol. The van der Waals surface area contributed by atoms with Gasteiger partial charge in [-0.3, -0.25) is 14.4 Å². The van der Waals surface area contributed by atoms with E-state index in [1.165, 1.54) is 0 Å². The Morgan fingerprint density at radius 3 is 1.16 bits per heavy atom. The molecule has 25 heavy (non-hydrogen) atoms. The Bertz CT molecular complexity index is 383. The second-order valence-electron chi connectivity index (χ2n) is 5.61. The lowest BCUT2D eigenvalue weighted by Gasteiger charge is -2.41. The summed E-state index contributed by atoms with van der Waals surface area (Å²) in [6, 6.07) is 0. The normalized spacial score (nSPS) is 11.3. The molecule has 0 saturated heterocycles. The van der Waals surface area contributed by atoms with Crippen molar-refractivity contribution in [2.24, 2.45) is 0 Å². The van der Waals surface area contributed by atoms with Crippen LogP contribution in [0.25, 0.3) is 0 Å². The third-order valence-corrected chi connectivity index (χ3v) is 4.22. The second kappa shape index (κ2) is 11.9. The first-order chi connectivity index (χ1) is 11.3. The van der Waals surface area contributed by atoms with E-state index in [-0.39, 0.29) is 34.2 Å². The maximum atomic E-state index is 11.9. The Morgan fingerprint density at radius 1 is 0.680 bits per heavy atom. The number of nitrogens with zero attached hydrogens (tertiary/aromatic N) is 1. The van der Waals surface area contributed by atoms with Crippen LogP contribution in [-0.4, -0.2) is 63.0 Å². The molecular formula is C17H32BNO6. The molecule has 0 spiro atoms. The van der Waals surface area contributed by atoms with Crippen molar-refractivity contribution in [2.45, 2.75) is 66.8 Å². The topological polar surface area (TPSA) is 78.9 Å². The van der Waals surface area contributed by atoms with E-state index < -0.39 is 23.9 Å². The van der Waals surface area contributed by atoms with Crippen LogP contribution in [0, 0.1) is 0 Å². The smallest absolute Gasteiger partial charge is 0.476 e. The molecule has 0 aliphatic carbocycles. The van der Waals surface area contributed by atoms with Crippen LogP contribution in [-0.2, 0) is 28.6 Å². The fourth-order valence-corrected chi connectivity index (χ4v) is 2.31. The van der Waals surface area contributed by atoms with Gasteiger partial charge in [-0.05, 0) is 20.8 Å². The minimum absolute atomic E-state index is 0. The highest BCUT2D eigenvalue weighted by Gasteiger charge is 2.50. The number of carbonyl (C=O) groups excluding carboxylic acids is 3. The van der Waals surface area contributed by atoms with Crippen molar-refractivity contribution in [3.05, 3.63) is 0 Å². The van der Waals surface area contributed by atoms with Gasteiger partial charge in [-0.1, -0.05) is 20.8 Å². The minimum atomic E-state index is -2.02. The van der Waals surface area contributed by atoms with Crippen LogP contribution in [0.2, 0.25) is 0 Å². The van der Waals surface area contributed by atoms with E-state index in [1.807, 2.05) is 20.8 Å². The van der Waals surface area contributed by atoms with Crippen molar-refractivity contribution in [3.8, 4) is 0 Å². The molecule has 0 unspecified atom stereocenters. The van der Waals surface area contributed by atoms with Crippen LogP contribution in [0.15, 0.2) is 0 Å². The van der Waals surface area contributed by atoms with E-state index in [0.717, 1.165) is 0 Å². The molecule has 8 heteroatoms. The predicted octanol–water partition coefficient (Wildman–Crippen LogP) is 2.00.